The second-order valence-corrected chi connectivity index (χ2v) is 40.5. The van der Waals surface area contributed by atoms with E-state index in [1.54, 1.807) is 188 Å². The van der Waals surface area contributed by atoms with Crippen molar-refractivity contribution in [3.63, 3.8) is 0 Å². The maximum atomic E-state index is 12.8. The number of hydrogen-bond donors (Lipinski definition) is 4. The van der Waals surface area contributed by atoms with E-state index in [0.29, 0.717) is 94.9 Å². The van der Waals surface area contributed by atoms with Crippen LogP contribution >= 0.6 is 0 Å². The summed E-state index contributed by atoms with van der Waals surface area (Å²) in [5.74, 6) is 0.262. The Morgan fingerprint density at radius 3 is 0.891 bits per heavy atom. The van der Waals surface area contributed by atoms with Gasteiger partial charge in [-0.2, -0.15) is 0 Å². The van der Waals surface area contributed by atoms with Crippen molar-refractivity contribution in [2.45, 2.75) is 104 Å². The number of fused-ring (bicyclic) bond motifs is 4. The number of likely N-dealkylation sites (N-methyl/N-ethyl adjacent to an activating group) is 1. The summed E-state index contributed by atoms with van der Waals surface area (Å²) in [6, 6.07) is 70.8. The number of Topliss-reactive ketones (excluding diaryl/α,β-unsaturated/α-hetero) is 2. The molecule has 24 nitrogen and oxygen atoms in total. The Kier molecular flexibility index (Phi) is 30.3. The van der Waals surface area contributed by atoms with Gasteiger partial charge in [0.1, 0.15) is 21.4 Å². The minimum atomic E-state index is -3.79. The molecule has 4 heterocycles. The molecule has 0 radical (unpaired) electrons. The summed E-state index contributed by atoms with van der Waals surface area (Å²) in [6.45, 7) is 8.88. The van der Waals surface area contributed by atoms with Gasteiger partial charge in [-0.15, -0.1) is 0 Å². The number of sulfone groups is 2. The molecule has 0 aliphatic rings. The molecule has 0 unspecified atom stereocenters. The lowest BCUT2D eigenvalue weighted by molar-refractivity contribution is -0.120. The molecule has 4 aromatic heterocycles. The van der Waals surface area contributed by atoms with E-state index in [1.807, 2.05) is 121 Å². The molecule has 622 valence electrons. The summed E-state index contributed by atoms with van der Waals surface area (Å²) in [5.41, 5.74) is 10.3. The lowest BCUT2D eigenvalue weighted by Crippen LogP contribution is -2.21. The zero-order chi connectivity index (χ0) is 85.9. The van der Waals surface area contributed by atoms with Gasteiger partial charge in [0.15, 0.2) is 9.84 Å². The normalized spacial score (nSPS) is 11.9. The Hall–Kier alpha value is -11.2. The Labute approximate surface area is 697 Å². The maximum absolute atomic E-state index is 12.8. The van der Waals surface area contributed by atoms with E-state index in [2.05, 4.69) is 43.7 Å². The minimum absolute atomic E-state index is 0.0111. The summed E-state index contributed by atoms with van der Waals surface area (Å²) in [6.07, 6.45) is 4.96. The Morgan fingerprint density at radius 2 is 0.597 bits per heavy atom. The first-order valence-electron chi connectivity index (χ1n) is 38.1. The van der Waals surface area contributed by atoms with Crippen molar-refractivity contribution in [3.05, 3.63) is 294 Å². The number of pyridine rings is 4. The van der Waals surface area contributed by atoms with E-state index in [4.69, 9.17) is 0 Å². The maximum Gasteiger partial charge on any atom is 0.261 e. The van der Waals surface area contributed by atoms with Crippen LogP contribution in [0.25, 0.3) is 43.6 Å². The number of nitrogens with zero attached hydrogens (tertiary/aromatic N) is 6. The average molecular weight is 1720 g/mol. The van der Waals surface area contributed by atoms with E-state index < -0.39 is 59.8 Å². The van der Waals surface area contributed by atoms with Crippen molar-refractivity contribution >= 4 is 138 Å². The van der Waals surface area contributed by atoms with Crippen LogP contribution in [-0.4, -0.2) is 151 Å². The number of aromatic nitrogens is 4. The van der Waals surface area contributed by atoms with Gasteiger partial charge >= 0.3 is 0 Å². The van der Waals surface area contributed by atoms with Gasteiger partial charge < -0.3 is 9.80 Å². The molecular weight excluding hydrogens is 1630 g/mol. The number of carbonyl (C=O) groups is 2. The molecule has 0 spiro atoms. The standard InChI is InChI=1S/C24H29N3O3S.C24H22N2O4S2.C22H25N3O3S.C19H20N2O4S2/c1-18-9-15-22(16-10-18)31(29,30)26-23-8-4-6-19-11-12-20(25-24(19)23)13-14-21(28)7-5-17-27(2)3;1-18-10-14-22(15-11-18)32(29,30)26-23-9-5-6-19-12-13-20(25-24(19)23)16-17-31(27,28)21-7-3-2-4-8-21;1-16-7-13-20(14-8-16)29(27,28)24-21-6-4-5-17-9-10-18(23-22(17)21)11-12-19(26)15-25(2)3;1-14-6-10-17(11-7-14)27(24,25)21-18-5-3-4-15-8-9-16(20-19(15)18)12-13-26(2,22)23/h4,6,8-12,15-16,26H,5,7,13-14,17H2,1-3H3;2-15,26H,16-17H2,1H3;4-10,13-14,24H,11-12,15H2,1-3H3;3-11,21H,12-13H2,1-2H3. The second kappa shape index (κ2) is 40.0. The van der Waals surface area contributed by atoms with Crippen molar-refractivity contribution in [1.82, 2.24) is 29.7 Å². The fraction of sp³-hybridized carbons (Fsp3) is 0.236. The summed E-state index contributed by atoms with van der Waals surface area (Å²) in [5, 5.41) is 3.19. The van der Waals surface area contributed by atoms with Crippen molar-refractivity contribution in [1.29, 1.82) is 0 Å². The highest BCUT2D eigenvalue weighted by molar-refractivity contribution is 7.94. The predicted octanol–water partition coefficient (Wildman–Crippen LogP) is 14.9. The molecule has 0 bridgehead atoms. The lowest BCUT2D eigenvalue weighted by atomic mass is 10.1. The first-order chi connectivity index (χ1) is 56.4. The van der Waals surface area contributed by atoms with Gasteiger partial charge in [0.2, 0.25) is 0 Å². The average Bonchev–Trinajstić information content (AvgIpc) is 0.802. The van der Waals surface area contributed by atoms with Crippen LogP contribution in [-0.2, 0) is 95.0 Å². The van der Waals surface area contributed by atoms with E-state index in [0.717, 1.165) is 68.2 Å². The van der Waals surface area contributed by atoms with Crippen molar-refractivity contribution in [3.8, 4) is 0 Å². The van der Waals surface area contributed by atoms with E-state index >= 15 is 0 Å². The van der Waals surface area contributed by atoms with Crippen molar-refractivity contribution in [2.75, 3.05) is 77.9 Å². The predicted molar refractivity (Wildman–Crippen MR) is 474 cm³/mol. The molecule has 0 saturated heterocycles. The summed E-state index contributed by atoms with van der Waals surface area (Å²) in [7, 11) is -13.8. The van der Waals surface area contributed by atoms with Crippen LogP contribution in [0, 0.1) is 27.7 Å². The van der Waals surface area contributed by atoms with Gasteiger partial charge in [-0.25, -0.2) is 50.5 Å². The third-order valence-corrected chi connectivity index (χ3v) is 26.9. The van der Waals surface area contributed by atoms with Crippen LogP contribution in [0.2, 0.25) is 0 Å². The molecule has 30 heteroatoms. The lowest BCUT2D eigenvalue weighted by Gasteiger charge is -2.12. The van der Waals surface area contributed by atoms with Crippen LogP contribution in [0.5, 0.6) is 0 Å². The molecule has 0 saturated carbocycles. The zero-order valence-corrected chi connectivity index (χ0v) is 72.4. The van der Waals surface area contributed by atoms with Gasteiger partial charge in [-0.3, -0.25) is 48.4 Å². The highest BCUT2D eigenvalue weighted by Crippen LogP contribution is 2.31. The number of benzene rings is 9. The number of rotatable bonds is 31. The second-order valence-electron chi connectivity index (χ2n) is 29.4. The molecule has 13 rings (SSSR count). The highest BCUT2D eigenvalue weighted by atomic mass is 32.2. The third-order valence-electron chi connectivity index (χ3n) is 18.7. The summed E-state index contributed by atoms with van der Waals surface area (Å²) >= 11 is 0. The molecule has 0 aliphatic carbocycles. The van der Waals surface area contributed by atoms with Crippen LogP contribution in [0.15, 0.2) is 273 Å². The molecule has 0 fully saturated rings. The number of aryl methyl sites for hydroxylation is 8. The van der Waals surface area contributed by atoms with Crippen LogP contribution in [0.1, 0.15) is 70.7 Å². The quantitative estimate of drug-likeness (QED) is 0.0313. The van der Waals surface area contributed by atoms with Crippen molar-refractivity contribution < 1.29 is 60.1 Å². The van der Waals surface area contributed by atoms with Crippen molar-refractivity contribution in [2.24, 2.45) is 0 Å². The third kappa shape index (κ3) is 26.4. The number of para-hydroxylation sites is 4. The molecular formula is C89H96N10O14S6. The smallest absolute Gasteiger partial charge is 0.261 e. The number of sulfonamides is 4. The van der Waals surface area contributed by atoms with Gasteiger partial charge in [0.25, 0.3) is 40.1 Å². The number of ketones is 2. The van der Waals surface area contributed by atoms with E-state index in [1.165, 1.54) is 6.26 Å². The van der Waals surface area contributed by atoms with Crippen LogP contribution in [0.3, 0.4) is 0 Å². The molecule has 119 heavy (non-hydrogen) atoms. The van der Waals surface area contributed by atoms with Gasteiger partial charge in [0.05, 0.1) is 87.3 Å². The SMILES string of the molecule is Cc1ccc(S(=O)(=O)Nc2cccc3ccc(CCC(=O)CCCN(C)C)nc23)cc1.Cc1ccc(S(=O)(=O)Nc2cccc3ccc(CCC(=O)CN(C)C)nc23)cc1.Cc1ccc(S(=O)(=O)Nc2cccc3ccc(CCS(=O)(=O)c4ccccc4)nc23)cc1.Cc1ccc(S(=O)(=O)Nc2cccc3ccc(CCS(C)(=O)=O)nc23)cc1. The first kappa shape index (κ1) is 90.1. The van der Waals surface area contributed by atoms with Gasteiger partial charge in [-0.1, -0.05) is 162 Å². The molecule has 0 amide bonds. The molecule has 0 atom stereocenters. The number of hydrogen-bond acceptors (Lipinski definition) is 20. The molecule has 0 aliphatic heterocycles. The van der Waals surface area contributed by atoms with Gasteiger partial charge in [-0.05, 0) is 191 Å². The van der Waals surface area contributed by atoms with Crippen LogP contribution < -0.4 is 18.9 Å². The Balaban J connectivity index is 0.000000167. The zero-order valence-electron chi connectivity index (χ0n) is 67.5. The highest BCUT2D eigenvalue weighted by Gasteiger charge is 2.23. The summed E-state index contributed by atoms with van der Waals surface area (Å²) in [4.78, 5) is 47.4. The monoisotopic (exact) mass is 1720 g/mol. The largest absolute Gasteiger partial charge is 0.309 e. The van der Waals surface area contributed by atoms with E-state index in [9.17, 15) is 60.1 Å². The molecule has 13 aromatic rings. The minimum Gasteiger partial charge on any atom is -0.309 e. The Bertz CT molecular complexity index is 6510. The number of carbonyl (C=O) groups excluding carboxylic acids is 2. The summed E-state index contributed by atoms with van der Waals surface area (Å²) < 4.78 is 161. The fourth-order valence-electron chi connectivity index (χ4n) is 12.3. The number of nitrogens with one attached hydrogen (secondary N) is 4. The van der Waals surface area contributed by atoms with Crippen LogP contribution in [0.4, 0.5) is 22.7 Å². The van der Waals surface area contributed by atoms with E-state index in [-0.39, 0.29) is 60.4 Å². The first-order valence-corrected chi connectivity index (χ1v) is 47.7. The molecule has 4 N–H and O–H groups in total. The fourth-order valence-corrected chi connectivity index (χ4v) is 18.4. The topological polar surface area (TPSA) is 345 Å². The van der Waals surface area contributed by atoms with Gasteiger partial charge in [0, 0.05) is 82.7 Å². The Morgan fingerprint density at radius 1 is 0.303 bits per heavy atom. The molecule has 9 aromatic carbocycles. The number of anilines is 4.